The SMILES string of the molecule is CN1CCN(c2cc(Cl)c(Nc3ncc4ccn(CC5CCOCC5)c4n3)cc2F)CC1. The Morgan fingerprint density at radius 2 is 1.97 bits per heavy atom. The van der Waals surface area contributed by atoms with Gasteiger partial charge in [-0.1, -0.05) is 11.6 Å². The summed E-state index contributed by atoms with van der Waals surface area (Å²) >= 11 is 6.52. The molecule has 0 unspecified atom stereocenters. The molecule has 9 heteroatoms. The van der Waals surface area contributed by atoms with Crippen LogP contribution in [0.1, 0.15) is 12.8 Å². The van der Waals surface area contributed by atoms with Crippen LogP contribution in [-0.2, 0) is 11.3 Å². The topological polar surface area (TPSA) is 58.5 Å². The second-order valence-corrected chi connectivity index (χ2v) is 9.10. The minimum Gasteiger partial charge on any atom is -0.381 e. The highest BCUT2D eigenvalue weighted by molar-refractivity contribution is 6.33. The Labute approximate surface area is 192 Å². The first kappa shape index (κ1) is 21.4. The van der Waals surface area contributed by atoms with E-state index in [1.165, 1.54) is 6.07 Å². The first-order chi connectivity index (χ1) is 15.6. The van der Waals surface area contributed by atoms with Crippen LogP contribution in [0.2, 0.25) is 5.02 Å². The summed E-state index contributed by atoms with van der Waals surface area (Å²) in [6.45, 7) is 5.90. The Kier molecular flexibility index (Phi) is 6.17. The van der Waals surface area contributed by atoms with Gasteiger partial charge in [0.2, 0.25) is 5.95 Å². The fourth-order valence-corrected chi connectivity index (χ4v) is 4.63. The van der Waals surface area contributed by atoms with Crippen molar-refractivity contribution < 1.29 is 9.13 Å². The number of ether oxygens (including phenoxy) is 1. The van der Waals surface area contributed by atoms with Gasteiger partial charge in [-0.15, -0.1) is 0 Å². The van der Waals surface area contributed by atoms with Crippen LogP contribution in [0.5, 0.6) is 0 Å². The number of aromatic nitrogens is 3. The lowest BCUT2D eigenvalue weighted by atomic mass is 10.0. The predicted octanol–water partition coefficient (Wildman–Crippen LogP) is 4.15. The minimum absolute atomic E-state index is 0.301. The van der Waals surface area contributed by atoms with Crippen molar-refractivity contribution in [3.05, 3.63) is 41.4 Å². The molecule has 170 valence electrons. The van der Waals surface area contributed by atoms with E-state index in [0.717, 1.165) is 69.8 Å². The van der Waals surface area contributed by atoms with E-state index in [1.807, 2.05) is 11.0 Å². The van der Waals surface area contributed by atoms with Crippen LogP contribution in [-0.4, -0.2) is 65.9 Å². The fourth-order valence-electron chi connectivity index (χ4n) is 4.43. The van der Waals surface area contributed by atoms with E-state index in [-0.39, 0.29) is 5.82 Å². The first-order valence-electron chi connectivity index (χ1n) is 11.2. The van der Waals surface area contributed by atoms with Gasteiger partial charge in [-0.2, -0.15) is 4.98 Å². The Hall–Kier alpha value is -2.42. The molecule has 2 aliphatic heterocycles. The molecule has 2 saturated heterocycles. The largest absolute Gasteiger partial charge is 0.381 e. The van der Waals surface area contributed by atoms with Crippen molar-refractivity contribution in [2.45, 2.75) is 19.4 Å². The Balaban J connectivity index is 1.35. The molecular formula is C23H28ClFN6O. The molecule has 32 heavy (non-hydrogen) atoms. The number of benzene rings is 1. The zero-order valence-corrected chi connectivity index (χ0v) is 19.0. The average Bonchev–Trinajstić information content (AvgIpc) is 3.19. The van der Waals surface area contributed by atoms with E-state index in [9.17, 15) is 4.39 Å². The van der Waals surface area contributed by atoms with Crippen molar-refractivity contribution in [1.29, 1.82) is 0 Å². The Morgan fingerprint density at radius 3 is 2.75 bits per heavy atom. The van der Waals surface area contributed by atoms with Crippen molar-refractivity contribution in [3.63, 3.8) is 0 Å². The summed E-state index contributed by atoms with van der Waals surface area (Å²) in [4.78, 5) is 13.4. The maximum Gasteiger partial charge on any atom is 0.229 e. The monoisotopic (exact) mass is 458 g/mol. The van der Waals surface area contributed by atoms with Crippen molar-refractivity contribution in [2.75, 3.05) is 56.7 Å². The van der Waals surface area contributed by atoms with Gasteiger partial charge in [0.1, 0.15) is 11.5 Å². The average molecular weight is 459 g/mol. The number of piperazine rings is 1. The van der Waals surface area contributed by atoms with Crippen LogP contribution >= 0.6 is 11.6 Å². The second kappa shape index (κ2) is 9.21. The molecule has 1 aromatic carbocycles. The summed E-state index contributed by atoms with van der Waals surface area (Å²) < 4.78 is 22.6. The quantitative estimate of drug-likeness (QED) is 0.620. The molecule has 0 bridgehead atoms. The zero-order chi connectivity index (χ0) is 22.1. The highest BCUT2D eigenvalue weighted by Crippen LogP contribution is 2.33. The van der Waals surface area contributed by atoms with Crippen molar-refractivity contribution >= 4 is 40.0 Å². The van der Waals surface area contributed by atoms with Crippen LogP contribution < -0.4 is 10.2 Å². The number of nitrogens with one attached hydrogen (secondary N) is 1. The summed E-state index contributed by atoms with van der Waals surface area (Å²) in [6, 6.07) is 5.15. The van der Waals surface area contributed by atoms with Gasteiger partial charge in [-0.3, -0.25) is 0 Å². The Morgan fingerprint density at radius 1 is 1.19 bits per heavy atom. The number of nitrogens with zero attached hydrogens (tertiary/aromatic N) is 5. The highest BCUT2D eigenvalue weighted by Gasteiger charge is 2.20. The van der Waals surface area contributed by atoms with Crippen LogP contribution in [0.4, 0.5) is 21.7 Å². The summed E-state index contributed by atoms with van der Waals surface area (Å²) in [5, 5.41) is 4.53. The van der Waals surface area contributed by atoms with Crippen LogP contribution in [0.25, 0.3) is 11.0 Å². The van der Waals surface area contributed by atoms with E-state index in [2.05, 4.69) is 33.0 Å². The van der Waals surface area contributed by atoms with E-state index in [4.69, 9.17) is 21.3 Å². The molecule has 0 radical (unpaired) electrons. The van der Waals surface area contributed by atoms with Gasteiger partial charge in [-0.05, 0) is 37.9 Å². The molecule has 0 amide bonds. The standard InChI is InChI=1S/C23H28ClFN6O/c1-29-6-8-30(9-7-29)21-12-18(24)20(13-19(21)25)27-23-26-14-17-2-5-31(22(17)28-23)15-16-3-10-32-11-4-16/h2,5,12-14,16H,3-4,6-11,15H2,1H3,(H,26,27,28). The summed E-state index contributed by atoms with van der Waals surface area (Å²) in [5.74, 6) is 0.680. The maximum atomic E-state index is 14.9. The normalized spacial score (nSPS) is 18.4. The lowest BCUT2D eigenvalue weighted by Crippen LogP contribution is -2.44. The number of halogens is 2. The van der Waals surface area contributed by atoms with E-state index < -0.39 is 0 Å². The molecule has 2 fully saturated rings. The molecule has 1 N–H and O–H groups in total. The molecule has 0 spiro atoms. The predicted molar refractivity (Wildman–Crippen MR) is 125 cm³/mol. The summed E-state index contributed by atoms with van der Waals surface area (Å²) in [7, 11) is 2.07. The number of anilines is 3. The highest BCUT2D eigenvalue weighted by atomic mass is 35.5. The van der Waals surface area contributed by atoms with Crippen LogP contribution in [0.15, 0.2) is 30.6 Å². The molecular weight excluding hydrogens is 431 g/mol. The maximum absolute atomic E-state index is 14.9. The third kappa shape index (κ3) is 4.53. The van der Waals surface area contributed by atoms with Gasteiger partial charge in [0.05, 0.1) is 16.4 Å². The number of hydrogen-bond acceptors (Lipinski definition) is 6. The van der Waals surface area contributed by atoms with Crippen LogP contribution in [0, 0.1) is 11.7 Å². The van der Waals surface area contributed by atoms with Gasteiger partial charge in [0, 0.05) is 69.8 Å². The van der Waals surface area contributed by atoms with Gasteiger partial charge >= 0.3 is 0 Å². The molecule has 2 aromatic heterocycles. The lowest BCUT2D eigenvalue weighted by Gasteiger charge is -2.34. The molecule has 7 nitrogen and oxygen atoms in total. The minimum atomic E-state index is -0.301. The van der Waals surface area contributed by atoms with Crippen molar-refractivity contribution in [1.82, 2.24) is 19.4 Å². The van der Waals surface area contributed by atoms with Crippen LogP contribution in [0.3, 0.4) is 0 Å². The molecule has 5 rings (SSSR count). The smallest absolute Gasteiger partial charge is 0.229 e. The van der Waals surface area contributed by atoms with E-state index in [0.29, 0.717) is 28.3 Å². The van der Waals surface area contributed by atoms with Crippen molar-refractivity contribution in [2.24, 2.45) is 5.92 Å². The zero-order valence-electron chi connectivity index (χ0n) is 18.2. The lowest BCUT2D eigenvalue weighted by molar-refractivity contribution is 0.0616. The third-order valence-corrected chi connectivity index (χ3v) is 6.74. The van der Waals surface area contributed by atoms with Gasteiger partial charge in [0.25, 0.3) is 0 Å². The molecule has 3 aromatic rings. The molecule has 2 aliphatic rings. The van der Waals surface area contributed by atoms with Gasteiger partial charge in [-0.25, -0.2) is 9.37 Å². The molecule has 4 heterocycles. The summed E-state index contributed by atoms with van der Waals surface area (Å²) in [5.41, 5.74) is 1.86. The molecule has 0 atom stereocenters. The molecule has 0 aliphatic carbocycles. The number of fused-ring (bicyclic) bond motifs is 1. The summed E-state index contributed by atoms with van der Waals surface area (Å²) in [6.07, 6.45) is 5.96. The van der Waals surface area contributed by atoms with Gasteiger partial charge < -0.3 is 24.4 Å². The second-order valence-electron chi connectivity index (χ2n) is 8.70. The Bertz CT molecular complexity index is 1090. The number of rotatable bonds is 5. The van der Waals surface area contributed by atoms with Gasteiger partial charge in [0.15, 0.2) is 0 Å². The number of hydrogen-bond donors (Lipinski definition) is 1. The van der Waals surface area contributed by atoms with Crippen molar-refractivity contribution in [3.8, 4) is 0 Å². The molecule has 0 saturated carbocycles. The number of likely N-dealkylation sites (N-methyl/N-ethyl adjacent to an activating group) is 1. The fraction of sp³-hybridized carbons (Fsp3) is 0.478. The third-order valence-electron chi connectivity index (χ3n) is 6.42. The van der Waals surface area contributed by atoms with E-state index in [1.54, 1.807) is 12.3 Å². The first-order valence-corrected chi connectivity index (χ1v) is 11.5. The van der Waals surface area contributed by atoms with E-state index >= 15 is 0 Å².